The highest BCUT2D eigenvalue weighted by Crippen LogP contribution is 2.37. The Morgan fingerprint density at radius 2 is 2.08 bits per heavy atom. The SMILES string of the molecule is COc1ccc2c(c1)O[C@@H](c1cnc(Cl)cn1)CC2=N[S@@](=O)C(C)(C)C. The predicted octanol–water partition coefficient (Wildman–Crippen LogP) is 3.91. The summed E-state index contributed by atoms with van der Waals surface area (Å²) < 4.78 is 28.0. The van der Waals surface area contributed by atoms with Crippen LogP contribution in [-0.4, -0.2) is 31.7 Å². The molecular weight excluding hydrogens is 374 g/mol. The van der Waals surface area contributed by atoms with Crippen LogP contribution in [0, 0.1) is 0 Å². The summed E-state index contributed by atoms with van der Waals surface area (Å²) in [6.07, 6.45) is 3.11. The predicted molar refractivity (Wildman–Crippen MR) is 102 cm³/mol. The molecule has 0 saturated carbocycles. The summed E-state index contributed by atoms with van der Waals surface area (Å²) in [4.78, 5) is 8.37. The second kappa shape index (κ2) is 7.32. The largest absolute Gasteiger partial charge is 0.497 e. The molecule has 0 saturated heterocycles. The van der Waals surface area contributed by atoms with Crippen molar-refractivity contribution in [2.45, 2.75) is 38.0 Å². The van der Waals surface area contributed by atoms with E-state index in [1.807, 2.05) is 32.9 Å². The molecule has 2 aromatic rings. The average molecular weight is 394 g/mol. The summed E-state index contributed by atoms with van der Waals surface area (Å²) in [5.41, 5.74) is 2.16. The highest BCUT2D eigenvalue weighted by molar-refractivity contribution is 7.85. The Morgan fingerprint density at radius 1 is 1.31 bits per heavy atom. The molecule has 1 aliphatic rings. The number of nitrogens with zero attached hydrogens (tertiary/aromatic N) is 3. The average Bonchev–Trinajstić information content (AvgIpc) is 2.60. The van der Waals surface area contributed by atoms with E-state index in [9.17, 15) is 4.21 Å². The van der Waals surface area contributed by atoms with Crippen LogP contribution in [0.2, 0.25) is 5.15 Å². The third-order valence-electron chi connectivity index (χ3n) is 3.83. The fraction of sp³-hybridized carbons (Fsp3) is 0.389. The zero-order chi connectivity index (χ0) is 18.9. The van der Waals surface area contributed by atoms with E-state index in [2.05, 4.69) is 14.4 Å². The first-order chi connectivity index (χ1) is 12.3. The number of ether oxygens (including phenoxy) is 2. The lowest BCUT2D eigenvalue weighted by Gasteiger charge is -2.27. The summed E-state index contributed by atoms with van der Waals surface area (Å²) in [5, 5.41) is 0.314. The Bertz CT molecular complexity index is 863. The number of halogens is 1. The van der Waals surface area contributed by atoms with Crippen LogP contribution in [0.1, 0.15) is 44.6 Å². The maximum atomic E-state index is 12.6. The Balaban J connectivity index is 2.04. The molecule has 0 fully saturated rings. The summed E-state index contributed by atoms with van der Waals surface area (Å²) in [5.74, 6) is 1.28. The van der Waals surface area contributed by atoms with Crippen LogP contribution in [0.15, 0.2) is 35.0 Å². The van der Waals surface area contributed by atoms with E-state index in [-0.39, 0.29) is 0 Å². The zero-order valence-corrected chi connectivity index (χ0v) is 16.6. The maximum absolute atomic E-state index is 12.6. The van der Waals surface area contributed by atoms with E-state index in [1.54, 1.807) is 19.4 Å². The first-order valence-electron chi connectivity index (χ1n) is 8.10. The van der Waals surface area contributed by atoms with Gasteiger partial charge in [-0.05, 0) is 32.9 Å². The fourth-order valence-corrected chi connectivity index (χ4v) is 3.17. The Labute approximate surface area is 160 Å². The minimum absolute atomic E-state index is 0.314. The van der Waals surface area contributed by atoms with Gasteiger partial charge < -0.3 is 9.47 Å². The van der Waals surface area contributed by atoms with E-state index < -0.39 is 21.8 Å². The van der Waals surface area contributed by atoms with Crippen molar-refractivity contribution in [3.05, 3.63) is 47.0 Å². The molecule has 0 unspecified atom stereocenters. The molecule has 0 spiro atoms. The summed E-state index contributed by atoms with van der Waals surface area (Å²) in [6.45, 7) is 5.68. The summed E-state index contributed by atoms with van der Waals surface area (Å²) >= 11 is 5.82. The van der Waals surface area contributed by atoms with Gasteiger partial charge >= 0.3 is 0 Å². The van der Waals surface area contributed by atoms with Crippen molar-refractivity contribution in [1.29, 1.82) is 0 Å². The number of benzene rings is 1. The molecule has 0 radical (unpaired) electrons. The van der Waals surface area contributed by atoms with Crippen LogP contribution in [0.25, 0.3) is 0 Å². The minimum Gasteiger partial charge on any atom is -0.497 e. The van der Waals surface area contributed by atoms with Crippen LogP contribution >= 0.6 is 11.6 Å². The van der Waals surface area contributed by atoms with E-state index in [0.717, 1.165) is 5.56 Å². The van der Waals surface area contributed by atoms with Gasteiger partial charge in [0.05, 0.1) is 35.7 Å². The molecule has 138 valence electrons. The van der Waals surface area contributed by atoms with Crippen LogP contribution < -0.4 is 9.47 Å². The van der Waals surface area contributed by atoms with Gasteiger partial charge in [0.2, 0.25) is 0 Å². The molecule has 0 amide bonds. The number of methoxy groups -OCH3 is 1. The van der Waals surface area contributed by atoms with Crippen molar-refractivity contribution in [1.82, 2.24) is 9.97 Å². The van der Waals surface area contributed by atoms with Gasteiger partial charge in [-0.15, -0.1) is 0 Å². The normalized spacial score (nSPS) is 19.6. The lowest BCUT2D eigenvalue weighted by molar-refractivity contribution is 0.200. The number of aromatic nitrogens is 2. The van der Waals surface area contributed by atoms with Gasteiger partial charge in [-0.1, -0.05) is 11.6 Å². The number of rotatable bonds is 3. The number of hydrogen-bond acceptors (Lipinski definition) is 5. The lowest BCUT2D eigenvalue weighted by Crippen LogP contribution is -2.25. The van der Waals surface area contributed by atoms with Gasteiger partial charge in [-0.25, -0.2) is 9.19 Å². The Kier molecular flexibility index (Phi) is 5.29. The monoisotopic (exact) mass is 393 g/mol. The van der Waals surface area contributed by atoms with Crippen LogP contribution in [0.3, 0.4) is 0 Å². The molecule has 8 heteroatoms. The van der Waals surface area contributed by atoms with Gasteiger partial charge in [-0.3, -0.25) is 4.98 Å². The number of hydrogen-bond donors (Lipinski definition) is 0. The van der Waals surface area contributed by atoms with Crippen molar-refractivity contribution < 1.29 is 13.7 Å². The molecule has 6 nitrogen and oxygen atoms in total. The first kappa shape index (κ1) is 18.8. The molecule has 2 heterocycles. The molecule has 0 aliphatic carbocycles. The van der Waals surface area contributed by atoms with Crippen molar-refractivity contribution in [3.8, 4) is 11.5 Å². The second-order valence-corrected chi connectivity index (χ2v) is 9.13. The van der Waals surface area contributed by atoms with Gasteiger partial charge in [0, 0.05) is 18.1 Å². The molecule has 0 N–H and O–H groups in total. The molecule has 26 heavy (non-hydrogen) atoms. The fourth-order valence-electron chi connectivity index (χ4n) is 2.42. The number of fused-ring (bicyclic) bond motifs is 1. The zero-order valence-electron chi connectivity index (χ0n) is 15.0. The van der Waals surface area contributed by atoms with E-state index >= 15 is 0 Å². The van der Waals surface area contributed by atoms with Gasteiger partial charge in [-0.2, -0.15) is 4.40 Å². The topological polar surface area (TPSA) is 73.7 Å². The highest BCUT2D eigenvalue weighted by atomic mass is 35.5. The van der Waals surface area contributed by atoms with E-state index in [0.29, 0.717) is 34.5 Å². The Morgan fingerprint density at radius 3 is 2.69 bits per heavy atom. The molecule has 2 atom stereocenters. The lowest BCUT2D eigenvalue weighted by atomic mass is 9.98. The first-order valence-corrected chi connectivity index (χ1v) is 9.58. The van der Waals surface area contributed by atoms with Crippen LogP contribution in [0.4, 0.5) is 0 Å². The second-order valence-electron chi connectivity index (χ2n) is 6.84. The smallest absolute Gasteiger partial charge is 0.148 e. The molecule has 1 aromatic heterocycles. The molecule has 1 aliphatic heterocycles. The molecule has 3 rings (SSSR count). The van der Waals surface area contributed by atoms with Crippen molar-refractivity contribution >= 4 is 28.3 Å². The maximum Gasteiger partial charge on any atom is 0.148 e. The molecule has 0 bridgehead atoms. The third-order valence-corrected chi connectivity index (χ3v) is 5.46. The quantitative estimate of drug-likeness (QED) is 0.790. The van der Waals surface area contributed by atoms with Gasteiger partial charge in [0.1, 0.15) is 33.7 Å². The summed E-state index contributed by atoms with van der Waals surface area (Å²) in [6, 6.07) is 5.50. The van der Waals surface area contributed by atoms with E-state index in [1.165, 1.54) is 6.20 Å². The molecule has 1 aromatic carbocycles. The minimum atomic E-state index is -1.38. The van der Waals surface area contributed by atoms with Crippen LogP contribution in [-0.2, 0) is 11.0 Å². The highest BCUT2D eigenvalue weighted by Gasteiger charge is 2.30. The van der Waals surface area contributed by atoms with Gasteiger partial charge in [0.25, 0.3) is 0 Å². The van der Waals surface area contributed by atoms with Gasteiger partial charge in [0.15, 0.2) is 0 Å². The van der Waals surface area contributed by atoms with Crippen LogP contribution in [0.5, 0.6) is 11.5 Å². The third kappa shape index (κ3) is 4.04. The molecular formula is C18H20ClN3O3S. The standard InChI is InChI=1S/C18H20ClN3O3S/c1-18(2,3)26(23)22-13-8-16(14-9-21-17(19)10-20-14)25-15-7-11(24-4)5-6-12(13)15/h5-7,9-10,16H,8H2,1-4H3/t16-,26+/m1/s1. The van der Waals surface area contributed by atoms with Crippen molar-refractivity contribution in [2.75, 3.05) is 7.11 Å². The summed E-state index contributed by atoms with van der Waals surface area (Å²) in [7, 11) is 0.213. The van der Waals surface area contributed by atoms with Crippen molar-refractivity contribution in [3.63, 3.8) is 0 Å². The van der Waals surface area contributed by atoms with Crippen molar-refractivity contribution in [2.24, 2.45) is 4.40 Å². The Hall–Kier alpha value is -1.99. The van der Waals surface area contributed by atoms with E-state index in [4.69, 9.17) is 21.1 Å².